The molecule has 43 heavy (non-hydrogen) atoms. The van der Waals surface area contributed by atoms with E-state index in [2.05, 4.69) is 87.1 Å². The third-order valence-electron chi connectivity index (χ3n) is 10.4. The predicted octanol–water partition coefficient (Wildman–Crippen LogP) is 7.79. The third kappa shape index (κ3) is 8.95. The summed E-state index contributed by atoms with van der Waals surface area (Å²) in [6.07, 6.45) is 14.1. The van der Waals surface area contributed by atoms with Crippen LogP contribution in [0.3, 0.4) is 0 Å². The molecule has 6 atom stereocenters. The average molecular weight is 594 g/mol. The summed E-state index contributed by atoms with van der Waals surface area (Å²) in [6.45, 7) is 34.6. The topological polar surface area (TPSA) is 68.4 Å². The van der Waals surface area contributed by atoms with E-state index in [0.717, 1.165) is 74.2 Å². The fraction of sp³-hybridized carbons (Fsp3) is 0.703. The van der Waals surface area contributed by atoms with Crippen molar-refractivity contribution >= 4 is 6.03 Å². The van der Waals surface area contributed by atoms with E-state index in [1.54, 1.807) is 0 Å². The molecule has 4 N–H and O–H groups in total. The number of amides is 2. The van der Waals surface area contributed by atoms with Gasteiger partial charge in [0.1, 0.15) is 0 Å². The highest BCUT2D eigenvalue weighted by molar-refractivity contribution is 5.75. The summed E-state index contributed by atoms with van der Waals surface area (Å²) in [6, 6.07) is 0.200. The normalized spacial score (nSPS) is 24.2. The van der Waals surface area contributed by atoms with Gasteiger partial charge in [-0.25, -0.2) is 4.79 Å². The Bertz CT molecular complexity index is 1010. The Morgan fingerprint density at radius 1 is 1.00 bits per heavy atom. The number of hydrogen-bond donors (Lipinski definition) is 4. The lowest BCUT2D eigenvalue weighted by atomic mass is 9.69. The molecule has 2 saturated carbocycles. The zero-order chi connectivity index (χ0) is 31.7. The minimum Gasteiger partial charge on any atom is -0.382 e. The van der Waals surface area contributed by atoms with Gasteiger partial charge < -0.3 is 26.2 Å². The van der Waals surface area contributed by atoms with Crippen LogP contribution in [-0.2, 0) is 0 Å². The molecule has 4 unspecified atom stereocenters. The monoisotopic (exact) mass is 594 g/mol. The molecule has 0 radical (unpaired) electrons. The standard InChI is InChI=1S/C37H63N5O/c1-11-14-19-33(26(6)27(7)38-22-13-3)39-28(8)34-31-23-30(31)24-42(34)29(9)35(37(10)20-16-15-17-21-37)41-36(43)40-32(18-12-2)25(4)5/h13,25,30-35,38-39H,3,6-9,11-12,14-24H2,1-2,4-5,10H3,(H2,40,41,43)/t30-,31-,32?,33?,34?,35?/m0/s1. The lowest BCUT2D eigenvalue weighted by molar-refractivity contribution is 0.134. The molecule has 3 fully saturated rings. The van der Waals surface area contributed by atoms with Crippen LogP contribution >= 0.6 is 0 Å². The Kier molecular flexibility index (Phi) is 12.9. The number of urea groups is 1. The van der Waals surface area contributed by atoms with Gasteiger partial charge in [0.05, 0.1) is 18.1 Å². The Hall–Kier alpha value is -2.63. The molecule has 0 aromatic carbocycles. The summed E-state index contributed by atoms with van der Waals surface area (Å²) in [5, 5.41) is 13.9. The second-order valence-electron chi connectivity index (χ2n) is 14.2. The Labute approximate surface area is 264 Å². The van der Waals surface area contributed by atoms with Crippen molar-refractivity contribution < 1.29 is 4.79 Å². The number of piperidine rings is 1. The highest BCUT2D eigenvalue weighted by atomic mass is 16.2. The zero-order valence-electron chi connectivity index (χ0n) is 28.2. The van der Waals surface area contributed by atoms with Crippen molar-refractivity contribution in [3.63, 3.8) is 0 Å². The summed E-state index contributed by atoms with van der Waals surface area (Å²) in [4.78, 5) is 16.0. The molecule has 1 saturated heterocycles. The molecule has 6 heteroatoms. The maximum atomic E-state index is 13.6. The van der Waals surface area contributed by atoms with Gasteiger partial charge in [-0.15, -0.1) is 6.58 Å². The van der Waals surface area contributed by atoms with Crippen molar-refractivity contribution in [1.82, 2.24) is 26.2 Å². The first-order chi connectivity index (χ1) is 20.5. The third-order valence-corrected chi connectivity index (χ3v) is 10.4. The molecule has 0 aromatic rings. The van der Waals surface area contributed by atoms with Gasteiger partial charge in [0.25, 0.3) is 0 Å². The van der Waals surface area contributed by atoms with Gasteiger partial charge >= 0.3 is 6.03 Å². The van der Waals surface area contributed by atoms with Gasteiger partial charge in [0.15, 0.2) is 0 Å². The highest BCUT2D eigenvalue weighted by Gasteiger charge is 2.55. The van der Waals surface area contributed by atoms with Crippen molar-refractivity contribution in [2.45, 2.75) is 129 Å². The molecule has 2 aliphatic carbocycles. The predicted molar refractivity (Wildman–Crippen MR) is 183 cm³/mol. The number of carbonyl (C=O) groups excluding carboxylic acids is 1. The molecule has 6 nitrogen and oxygen atoms in total. The number of nitrogens with one attached hydrogen (secondary N) is 4. The number of unbranched alkanes of at least 4 members (excludes halogenated alkanes) is 1. The van der Waals surface area contributed by atoms with Crippen LogP contribution in [0.15, 0.2) is 61.6 Å². The smallest absolute Gasteiger partial charge is 0.315 e. The fourth-order valence-corrected chi connectivity index (χ4v) is 7.48. The Morgan fingerprint density at radius 2 is 1.70 bits per heavy atom. The molecule has 0 spiro atoms. The first-order valence-electron chi connectivity index (χ1n) is 17.2. The van der Waals surface area contributed by atoms with E-state index in [-0.39, 0.29) is 35.6 Å². The zero-order valence-corrected chi connectivity index (χ0v) is 28.2. The van der Waals surface area contributed by atoms with Crippen LogP contribution < -0.4 is 21.3 Å². The number of hydrogen-bond acceptors (Lipinski definition) is 4. The SMILES string of the molecule is C=CCNC(=C)C(=C)C(CCCC)NC(=C)C1[C@H]2C[C@H]2CN1C(=C)C(NC(=O)NC(CCC)C(C)C)C1(C)CCCCC1. The molecule has 242 valence electrons. The maximum Gasteiger partial charge on any atom is 0.315 e. The van der Waals surface area contributed by atoms with E-state index in [1.807, 2.05) is 6.08 Å². The van der Waals surface area contributed by atoms with Gasteiger partial charge in [0, 0.05) is 36.2 Å². The molecule has 2 amide bonds. The Balaban J connectivity index is 1.81. The van der Waals surface area contributed by atoms with Crippen molar-refractivity contribution in [2.24, 2.45) is 23.2 Å². The van der Waals surface area contributed by atoms with Gasteiger partial charge in [-0.1, -0.05) is 106 Å². The summed E-state index contributed by atoms with van der Waals surface area (Å²) in [5.41, 5.74) is 3.87. The molecule has 0 aromatic heterocycles. The van der Waals surface area contributed by atoms with Crippen molar-refractivity contribution in [1.29, 1.82) is 0 Å². The van der Waals surface area contributed by atoms with Gasteiger partial charge in [-0.3, -0.25) is 0 Å². The maximum absolute atomic E-state index is 13.6. The van der Waals surface area contributed by atoms with Crippen LogP contribution in [0, 0.1) is 23.2 Å². The van der Waals surface area contributed by atoms with E-state index in [9.17, 15) is 4.79 Å². The molecule has 1 heterocycles. The second kappa shape index (κ2) is 15.9. The Morgan fingerprint density at radius 3 is 2.30 bits per heavy atom. The molecular formula is C37H63N5O. The van der Waals surface area contributed by atoms with Crippen molar-refractivity contribution in [3.8, 4) is 0 Å². The summed E-state index contributed by atoms with van der Waals surface area (Å²) >= 11 is 0. The fourth-order valence-electron chi connectivity index (χ4n) is 7.48. The lowest BCUT2D eigenvalue weighted by Gasteiger charge is -2.46. The van der Waals surface area contributed by atoms with E-state index in [4.69, 9.17) is 6.58 Å². The van der Waals surface area contributed by atoms with Gasteiger partial charge in [0.2, 0.25) is 0 Å². The number of nitrogens with zero attached hydrogens (tertiary/aromatic N) is 1. The van der Waals surface area contributed by atoms with Crippen LogP contribution in [0.5, 0.6) is 0 Å². The molecule has 1 aliphatic heterocycles. The van der Waals surface area contributed by atoms with E-state index in [1.165, 1.54) is 25.7 Å². The van der Waals surface area contributed by atoms with Crippen LogP contribution in [-0.4, -0.2) is 48.2 Å². The first-order valence-corrected chi connectivity index (χ1v) is 17.2. The number of carbonyl (C=O) groups is 1. The summed E-state index contributed by atoms with van der Waals surface area (Å²) in [7, 11) is 0. The van der Waals surface area contributed by atoms with Crippen molar-refractivity contribution in [3.05, 3.63) is 61.6 Å². The average Bonchev–Trinajstić information content (AvgIpc) is 3.64. The van der Waals surface area contributed by atoms with Crippen molar-refractivity contribution in [2.75, 3.05) is 13.1 Å². The molecule has 0 bridgehead atoms. The highest BCUT2D eigenvalue weighted by Crippen LogP contribution is 2.53. The number of rotatable bonds is 19. The largest absolute Gasteiger partial charge is 0.382 e. The minimum atomic E-state index is -0.122. The van der Waals surface area contributed by atoms with E-state index >= 15 is 0 Å². The van der Waals surface area contributed by atoms with Crippen LogP contribution in [0.4, 0.5) is 4.79 Å². The summed E-state index contributed by atoms with van der Waals surface area (Å²) < 4.78 is 0. The summed E-state index contributed by atoms with van der Waals surface area (Å²) in [5.74, 6) is 1.62. The molecular weight excluding hydrogens is 530 g/mol. The van der Waals surface area contributed by atoms with E-state index < -0.39 is 0 Å². The number of likely N-dealkylation sites (tertiary alicyclic amines) is 1. The van der Waals surface area contributed by atoms with Gasteiger partial charge in [-0.2, -0.15) is 0 Å². The first kappa shape index (κ1) is 34.9. The minimum absolute atomic E-state index is 0.0244. The lowest BCUT2D eigenvalue weighted by Crippen LogP contribution is -2.57. The quantitative estimate of drug-likeness (QED) is 0.0912. The number of fused-ring (bicyclic) bond motifs is 1. The molecule has 3 rings (SSSR count). The second-order valence-corrected chi connectivity index (χ2v) is 14.2. The van der Waals surface area contributed by atoms with Crippen LogP contribution in [0.1, 0.15) is 105 Å². The van der Waals surface area contributed by atoms with Gasteiger partial charge in [-0.05, 0) is 60.8 Å². The van der Waals surface area contributed by atoms with Crippen LogP contribution in [0.25, 0.3) is 0 Å². The van der Waals surface area contributed by atoms with Crippen LogP contribution in [0.2, 0.25) is 0 Å². The molecule has 3 aliphatic rings. The van der Waals surface area contributed by atoms with E-state index in [0.29, 0.717) is 24.3 Å².